The molecule has 0 saturated carbocycles. The van der Waals surface area contributed by atoms with Crippen molar-refractivity contribution in [2.75, 3.05) is 53.4 Å². The summed E-state index contributed by atoms with van der Waals surface area (Å²) in [6.45, 7) is 7.65. The van der Waals surface area contributed by atoms with E-state index in [2.05, 4.69) is 46.4 Å². The summed E-state index contributed by atoms with van der Waals surface area (Å²) in [5.74, 6) is 0.637. The molecule has 1 aromatic heterocycles. The average molecular weight is 375 g/mol. The SMILES string of the molecule is CCNC(=NCC1CN(C)CCN1C)NCCc1c[nH]c2ccc(F)cc12. The fourth-order valence-corrected chi connectivity index (χ4v) is 3.51. The van der Waals surface area contributed by atoms with Crippen molar-refractivity contribution in [3.05, 3.63) is 35.8 Å². The third-order valence-corrected chi connectivity index (χ3v) is 5.20. The number of nitrogens with zero attached hydrogens (tertiary/aromatic N) is 3. The van der Waals surface area contributed by atoms with Crippen LogP contribution in [0, 0.1) is 5.82 Å². The van der Waals surface area contributed by atoms with Gasteiger partial charge in [0.25, 0.3) is 0 Å². The molecule has 1 saturated heterocycles. The zero-order chi connectivity index (χ0) is 19.2. The van der Waals surface area contributed by atoms with E-state index in [4.69, 9.17) is 4.99 Å². The first-order valence-corrected chi connectivity index (χ1v) is 9.73. The maximum Gasteiger partial charge on any atom is 0.191 e. The topological polar surface area (TPSA) is 58.7 Å². The summed E-state index contributed by atoms with van der Waals surface area (Å²) in [6.07, 6.45) is 2.77. The van der Waals surface area contributed by atoms with E-state index in [1.165, 1.54) is 6.07 Å². The van der Waals surface area contributed by atoms with Crippen molar-refractivity contribution in [2.24, 2.45) is 4.99 Å². The van der Waals surface area contributed by atoms with Gasteiger partial charge in [-0.15, -0.1) is 0 Å². The maximum absolute atomic E-state index is 13.5. The fraction of sp³-hybridized carbons (Fsp3) is 0.550. The lowest BCUT2D eigenvalue weighted by Gasteiger charge is -2.36. The minimum Gasteiger partial charge on any atom is -0.361 e. The van der Waals surface area contributed by atoms with E-state index in [9.17, 15) is 4.39 Å². The molecule has 3 N–H and O–H groups in total. The van der Waals surface area contributed by atoms with Gasteiger partial charge in [-0.05, 0) is 51.2 Å². The molecule has 3 rings (SSSR count). The van der Waals surface area contributed by atoms with Crippen molar-refractivity contribution in [1.29, 1.82) is 0 Å². The van der Waals surface area contributed by atoms with Crippen LogP contribution in [0.2, 0.25) is 0 Å². The van der Waals surface area contributed by atoms with Crippen LogP contribution < -0.4 is 10.6 Å². The number of aliphatic imine (C=N–C) groups is 1. The van der Waals surface area contributed by atoms with Crippen LogP contribution >= 0.6 is 0 Å². The second-order valence-electron chi connectivity index (χ2n) is 7.30. The Morgan fingerprint density at radius 1 is 1.30 bits per heavy atom. The molecule has 0 bridgehead atoms. The number of fused-ring (bicyclic) bond motifs is 1. The zero-order valence-electron chi connectivity index (χ0n) is 16.6. The largest absolute Gasteiger partial charge is 0.361 e. The Labute approximate surface area is 160 Å². The summed E-state index contributed by atoms with van der Waals surface area (Å²) in [5, 5.41) is 7.67. The number of halogens is 1. The highest BCUT2D eigenvalue weighted by Crippen LogP contribution is 2.19. The summed E-state index contributed by atoms with van der Waals surface area (Å²) >= 11 is 0. The molecule has 7 heteroatoms. The summed E-state index contributed by atoms with van der Waals surface area (Å²) < 4.78 is 13.5. The zero-order valence-corrected chi connectivity index (χ0v) is 16.6. The molecule has 2 heterocycles. The number of H-pyrrole nitrogens is 1. The number of aromatic amines is 1. The van der Waals surface area contributed by atoms with Gasteiger partial charge in [0.15, 0.2) is 5.96 Å². The lowest BCUT2D eigenvalue weighted by atomic mass is 10.1. The molecule has 1 fully saturated rings. The van der Waals surface area contributed by atoms with E-state index in [1.807, 2.05) is 6.20 Å². The van der Waals surface area contributed by atoms with Gasteiger partial charge in [-0.25, -0.2) is 4.39 Å². The van der Waals surface area contributed by atoms with Crippen molar-refractivity contribution in [3.63, 3.8) is 0 Å². The van der Waals surface area contributed by atoms with Gasteiger partial charge >= 0.3 is 0 Å². The second-order valence-corrected chi connectivity index (χ2v) is 7.30. The highest BCUT2D eigenvalue weighted by Gasteiger charge is 2.21. The van der Waals surface area contributed by atoms with Gasteiger partial charge in [0.05, 0.1) is 6.54 Å². The number of hydrogen-bond acceptors (Lipinski definition) is 3. The van der Waals surface area contributed by atoms with E-state index in [1.54, 1.807) is 12.1 Å². The maximum atomic E-state index is 13.5. The third kappa shape index (κ3) is 5.20. The predicted molar refractivity (Wildman–Crippen MR) is 110 cm³/mol. The van der Waals surface area contributed by atoms with E-state index < -0.39 is 0 Å². The lowest BCUT2D eigenvalue weighted by Crippen LogP contribution is -2.51. The Morgan fingerprint density at radius 3 is 2.96 bits per heavy atom. The number of likely N-dealkylation sites (N-methyl/N-ethyl adjacent to an activating group) is 2. The Balaban J connectivity index is 1.56. The van der Waals surface area contributed by atoms with Crippen LogP contribution in [0.5, 0.6) is 0 Å². The number of piperazine rings is 1. The number of aromatic nitrogens is 1. The Morgan fingerprint density at radius 2 is 2.15 bits per heavy atom. The number of nitrogens with one attached hydrogen (secondary N) is 3. The molecule has 0 amide bonds. The first-order valence-electron chi connectivity index (χ1n) is 9.73. The van der Waals surface area contributed by atoms with Crippen LogP contribution in [0.3, 0.4) is 0 Å². The molecule has 1 aliphatic heterocycles. The molecule has 0 radical (unpaired) electrons. The molecule has 27 heavy (non-hydrogen) atoms. The fourth-order valence-electron chi connectivity index (χ4n) is 3.51. The molecule has 1 atom stereocenters. The molecular formula is C20H31FN6. The molecule has 1 aliphatic rings. The molecule has 6 nitrogen and oxygen atoms in total. The highest BCUT2D eigenvalue weighted by molar-refractivity contribution is 5.83. The summed E-state index contributed by atoms with van der Waals surface area (Å²) in [6, 6.07) is 5.30. The number of rotatable bonds is 6. The summed E-state index contributed by atoms with van der Waals surface area (Å²) in [5.41, 5.74) is 2.08. The Hall–Kier alpha value is -2.12. The molecule has 0 spiro atoms. The van der Waals surface area contributed by atoms with E-state index in [0.29, 0.717) is 6.04 Å². The van der Waals surface area contributed by atoms with Crippen LogP contribution in [-0.4, -0.2) is 80.1 Å². The minimum absolute atomic E-state index is 0.201. The van der Waals surface area contributed by atoms with Crippen molar-refractivity contribution in [2.45, 2.75) is 19.4 Å². The summed E-state index contributed by atoms with van der Waals surface area (Å²) in [7, 11) is 4.33. The highest BCUT2D eigenvalue weighted by atomic mass is 19.1. The molecule has 0 aliphatic carbocycles. The standard InChI is InChI=1S/C20H31FN6/c1-4-22-20(25-13-17-14-26(2)9-10-27(17)3)23-8-7-15-12-24-19-6-5-16(21)11-18(15)19/h5-6,11-12,17,24H,4,7-10,13-14H2,1-3H3,(H2,22,23,25). The van der Waals surface area contributed by atoms with E-state index >= 15 is 0 Å². The van der Waals surface area contributed by atoms with Crippen molar-refractivity contribution in [1.82, 2.24) is 25.4 Å². The van der Waals surface area contributed by atoms with Gasteiger partial charge in [-0.2, -0.15) is 0 Å². The molecular weight excluding hydrogens is 343 g/mol. The molecule has 148 valence electrons. The van der Waals surface area contributed by atoms with Gasteiger partial charge in [-0.3, -0.25) is 9.89 Å². The van der Waals surface area contributed by atoms with Gasteiger partial charge in [0, 0.05) is 55.9 Å². The van der Waals surface area contributed by atoms with E-state index in [-0.39, 0.29) is 5.82 Å². The van der Waals surface area contributed by atoms with Crippen LogP contribution in [0.4, 0.5) is 4.39 Å². The van der Waals surface area contributed by atoms with Crippen molar-refractivity contribution in [3.8, 4) is 0 Å². The van der Waals surface area contributed by atoms with Gasteiger partial charge in [0.1, 0.15) is 5.82 Å². The number of benzene rings is 1. The minimum atomic E-state index is -0.201. The van der Waals surface area contributed by atoms with Crippen LogP contribution in [0.1, 0.15) is 12.5 Å². The third-order valence-electron chi connectivity index (χ3n) is 5.20. The Kier molecular flexibility index (Phi) is 6.68. The van der Waals surface area contributed by atoms with Crippen LogP contribution in [0.25, 0.3) is 10.9 Å². The monoisotopic (exact) mass is 374 g/mol. The smallest absolute Gasteiger partial charge is 0.191 e. The van der Waals surface area contributed by atoms with Gasteiger partial charge < -0.3 is 20.5 Å². The van der Waals surface area contributed by atoms with Crippen molar-refractivity contribution >= 4 is 16.9 Å². The molecule has 1 unspecified atom stereocenters. The quantitative estimate of drug-likeness (QED) is 0.532. The van der Waals surface area contributed by atoms with Crippen LogP contribution in [0.15, 0.2) is 29.4 Å². The Bertz CT molecular complexity index is 771. The molecule has 1 aromatic carbocycles. The van der Waals surface area contributed by atoms with Crippen LogP contribution in [-0.2, 0) is 6.42 Å². The normalized spacial score (nSPS) is 19.6. The average Bonchev–Trinajstić information content (AvgIpc) is 3.04. The van der Waals surface area contributed by atoms with Gasteiger partial charge in [-0.1, -0.05) is 0 Å². The summed E-state index contributed by atoms with van der Waals surface area (Å²) in [4.78, 5) is 12.7. The number of guanidine groups is 1. The predicted octanol–water partition coefficient (Wildman–Crippen LogP) is 1.65. The lowest BCUT2D eigenvalue weighted by molar-refractivity contribution is 0.119. The second kappa shape index (κ2) is 9.19. The molecule has 2 aromatic rings. The number of hydrogen-bond donors (Lipinski definition) is 3. The van der Waals surface area contributed by atoms with Crippen molar-refractivity contribution < 1.29 is 4.39 Å². The first-order chi connectivity index (χ1) is 13.1. The van der Waals surface area contributed by atoms with Gasteiger partial charge in [0.2, 0.25) is 0 Å². The van der Waals surface area contributed by atoms with E-state index in [0.717, 1.165) is 68.1 Å². The first kappa shape index (κ1) is 19.6.